The third kappa shape index (κ3) is 4.58. The van der Waals surface area contributed by atoms with E-state index < -0.39 is 0 Å². The van der Waals surface area contributed by atoms with E-state index in [-0.39, 0.29) is 6.04 Å². The first kappa shape index (κ1) is 16.1. The van der Waals surface area contributed by atoms with Gasteiger partial charge in [0, 0.05) is 25.0 Å². The summed E-state index contributed by atoms with van der Waals surface area (Å²) >= 11 is 6.10. The fourth-order valence-electron chi connectivity index (χ4n) is 2.43. The normalized spacial score (nSPS) is 12.5. The Morgan fingerprint density at radius 2 is 2.00 bits per heavy atom. The second-order valence-electron chi connectivity index (χ2n) is 5.22. The first-order valence-corrected chi connectivity index (χ1v) is 8.19. The molecule has 2 rings (SSSR count). The average Bonchev–Trinajstić information content (AvgIpc) is 2.94. The van der Waals surface area contributed by atoms with Crippen molar-refractivity contribution in [3.8, 4) is 0 Å². The molecule has 0 fully saturated rings. The summed E-state index contributed by atoms with van der Waals surface area (Å²) in [7, 11) is 0. The highest BCUT2D eigenvalue weighted by atomic mass is 35.5. The summed E-state index contributed by atoms with van der Waals surface area (Å²) < 4.78 is 2.07. The van der Waals surface area contributed by atoms with E-state index in [2.05, 4.69) is 59.3 Å². The molecule has 1 aromatic heterocycles. The lowest BCUT2D eigenvalue weighted by Gasteiger charge is -2.16. The van der Waals surface area contributed by atoms with Gasteiger partial charge in [0.25, 0.3) is 0 Å². The maximum atomic E-state index is 6.10. The molecule has 1 aromatic carbocycles. The van der Waals surface area contributed by atoms with Crippen molar-refractivity contribution in [2.75, 3.05) is 5.88 Å². The quantitative estimate of drug-likeness (QED) is 0.758. The molecule has 3 nitrogen and oxygen atoms in total. The number of aryl methyl sites for hydroxylation is 2. The first-order chi connectivity index (χ1) is 10.3. The molecule has 1 unspecified atom stereocenters. The van der Waals surface area contributed by atoms with Crippen LogP contribution in [-0.2, 0) is 25.9 Å². The van der Waals surface area contributed by atoms with E-state index >= 15 is 0 Å². The Balaban J connectivity index is 1.95. The van der Waals surface area contributed by atoms with Gasteiger partial charge in [0.1, 0.15) is 0 Å². The topological polar surface area (TPSA) is 29.9 Å². The van der Waals surface area contributed by atoms with Crippen molar-refractivity contribution >= 4 is 11.6 Å². The fourth-order valence-corrected chi connectivity index (χ4v) is 2.65. The van der Waals surface area contributed by atoms with Crippen molar-refractivity contribution in [2.24, 2.45) is 0 Å². The van der Waals surface area contributed by atoms with Crippen LogP contribution in [0.2, 0.25) is 0 Å². The van der Waals surface area contributed by atoms with Crippen LogP contribution in [0.15, 0.2) is 36.4 Å². The van der Waals surface area contributed by atoms with Crippen LogP contribution in [0.4, 0.5) is 0 Å². The highest BCUT2D eigenvalue weighted by molar-refractivity contribution is 6.18. The number of aromatic nitrogens is 2. The molecule has 114 valence electrons. The number of hydrogen-bond acceptors (Lipinski definition) is 2. The molecule has 4 heteroatoms. The van der Waals surface area contributed by atoms with Crippen molar-refractivity contribution < 1.29 is 0 Å². The molecule has 21 heavy (non-hydrogen) atoms. The summed E-state index contributed by atoms with van der Waals surface area (Å²) in [6.07, 6.45) is 1.92. The maximum absolute atomic E-state index is 6.10. The fraction of sp³-hybridized carbons (Fsp3) is 0.471. The van der Waals surface area contributed by atoms with Gasteiger partial charge in [-0.05, 0) is 31.4 Å². The van der Waals surface area contributed by atoms with Gasteiger partial charge in [-0.1, -0.05) is 37.3 Å². The number of hydrogen-bond donors (Lipinski definition) is 1. The second kappa shape index (κ2) is 8.20. The van der Waals surface area contributed by atoms with E-state index in [9.17, 15) is 0 Å². The van der Waals surface area contributed by atoms with Crippen LogP contribution in [0.1, 0.15) is 30.8 Å². The second-order valence-corrected chi connectivity index (χ2v) is 5.53. The highest BCUT2D eigenvalue weighted by Crippen LogP contribution is 2.08. The summed E-state index contributed by atoms with van der Waals surface area (Å²) in [5, 5.41) is 8.13. The minimum Gasteiger partial charge on any atom is -0.307 e. The predicted octanol–water partition coefficient (Wildman–Crippen LogP) is 3.41. The zero-order valence-electron chi connectivity index (χ0n) is 12.8. The van der Waals surface area contributed by atoms with Gasteiger partial charge in [0.05, 0.1) is 11.4 Å². The number of alkyl halides is 1. The third-order valence-electron chi connectivity index (χ3n) is 3.66. The molecule has 0 spiro atoms. The van der Waals surface area contributed by atoms with Gasteiger partial charge in [-0.25, -0.2) is 0 Å². The van der Waals surface area contributed by atoms with E-state index in [1.807, 2.05) is 6.07 Å². The van der Waals surface area contributed by atoms with Crippen LogP contribution in [-0.4, -0.2) is 21.7 Å². The minimum absolute atomic E-state index is 0.277. The molecule has 0 radical (unpaired) electrons. The van der Waals surface area contributed by atoms with Crippen molar-refractivity contribution in [2.45, 2.75) is 45.8 Å². The van der Waals surface area contributed by atoms with Crippen molar-refractivity contribution in [1.29, 1.82) is 0 Å². The Hall–Kier alpha value is -1.32. The van der Waals surface area contributed by atoms with Gasteiger partial charge in [0.2, 0.25) is 0 Å². The summed E-state index contributed by atoms with van der Waals surface area (Å²) in [5.41, 5.74) is 3.70. The Morgan fingerprint density at radius 3 is 2.62 bits per heavy atom. The van der Waals surface area contributed by atoms with Gasteiger partial charge in [-0.15, -0.1) is 11.6 Å². The van der Waals surface area contributed by atoms with Gasteiger partial charge < -0.3 is 5.32 Å². The minimum atomic E-state index is 0.277. The van der Waals surface area contributed by atoms with E-state index in [0.717, 1.165) is 31.6 Å². The molecule has 0 saturated carbocycles. The van der Waals surface area contributed by atoms with Crippen molar-refractivity contribution in [3.63, 3.8) is 0 Å². The van der Waals surface area contributed by atoms with E-state index in [0.29, 0.717) is 5.88 Å². The number of nitrogens with one attached hydrogen (secondary N) is 1. The van der Waals surface area contributed by atoms with Crippen LogP contribution in [0.3, 0.4) is 0 Å². The van der Waals surface area contributed by atoms with Crippen molar-refractivity contribution in [1.82, 2.24) is 15.1 Å². The third-order valence-corrected chi connectivity index (χ3v) is 4.03. The van der Waals surface area contributed by atoms with Gasteiger partial charge in [0.15, 0.2) is 0 Å². The van der Waals surface area contributed by atoms with Crippen LogP contribution in [0.25, 0.3) is 0 Å². The molecule has 2 aromatic rings. The molecule has 0 aliphatic heterocycles. The van der Waals surface area contributed by atoms with Gasteiger partial charge >= 0.3 is 0 Å². The molecule has 0 saturated heterocycles. The lowest BCUT2D eigenvalue weighted by molar-refractivity contribution is 0.516. The lowest BCUT2D eigenvalue weighted by Crippen LogP contribution is -2.33. The summed E-state index contributed by atoms with van der Waals surface area (Å²) in [5.74, 6) is 0.607. The summed E-state index contributed by atoms with van der Waals surface area (Å²) in [6.45, 7) is 5.97. The smallest absolute Gasteiger partial charge is 0.0625 e. The van der Waals surface area contributed by atoms with Crippen LogP contribution in [0, 0.1) is 0 Å². The monoisotopic (exact) mass is 305 g/mol. The molecule has 0 bridgehead atoms. The standard InChI is InChI=1S/C17H24ClN3/c1-3-15-11-17(21(4-2)20-15)13-19-16(12-18)10-14-8-6-5-7-9-14/h5-9,11,16,19H,3-4,10,12-13H2,1-2H3. The Labute approximate surface area is 132 Å². The van der Waals surface area contributed by atoms with E-state index in [1.165, 1.54) is 11.3 Å². The molecule has 0 aliphatic rings. The van der Waals surface area contributed by atoms with E-state index in [1.54, 1.807) is 0 Å². The van der Waals surface area contributed by atoms with Crippen LogP contribution >= 0.6 is 11.6 Å². The van der Waals surface area contributed by atoms with Crippen LogP contribution in [0.5, 0.6) is 0 Å². The average molecular weight is 306 g/mol. The van der Waals surface area contributed by atoms with E-state index in [4.69, 9.17) is 11.6 Å². The Kier molecular flexibility index (Phi) is 6.27. The largest absolute Gasteiger partial charge is 0.307 e. The molecular formula is C17H24ClN3. The van der Waals surface area contributed by atoms with Gasteiger partial charge in [-0.2, -0.15) is 5.10 Å². The SMILES string of the molecule is CCc1cc(CNC(CCl)Cc2ccccc2)n(CC)n1. The molecular weight excluding hydrogens is 282 g/mol. The zero-order chi connectivity index (χ0) is 15.1. The number of nitrogens with zero attached hydrogens (tertiary/aromatic N) is 2. The maximum Gasteiger partial charge on any atom is 0.0625 e. The number of rotatable bonds is 8. The van der Waals surface area contributed by atoms with Gasteiger partial charge in [-0.3, -0.25) is 4.68 Å². The summed E-state index contributed by atoms with van der Waals surface area (Å²) in [4.78, 5) is 0. The molecule has 1 atom stereocenters. The Bertz CT molecular complexity index is 536. The summed E-state index contributed by atoms with van der Waals surface area (Å²) in [6, 6.07) is 12.9. The predicted molar refractivity (Wildman–Crippen MR) is 88.8 cm³/mol. The Morgan fingerprint density at radius 1 is 1.24 bits per heavy atom. The molecule has 1 heterocycles. The number of halogens is 1. The molecule has 0 aliphatic carbocycles. The first-order valence-electron chi connectivity index (χ1n) is 7.65. The highest BCUT2D eigenvalue weighted by Gasteiger charge is 2.11. The molecule has 0 amide bonds. The number of benzene rings is 1. The molecule has 1 N–H and O–H groups in total. The van der Waals surface area contributed by atoms with Crippen molar-refractivity contribution in [3.05, 3.63) is 53.3 Å². The van der Waals surface area contributed by atoms with Crippen LogP contribution < -0.4 is 5.32 Å². The zero-order valence-corrected chi connectivity index (χ0v) is 13.6. The lowest BCUT2D eigenvalue weighted by atomic mass is 10.1.